The molecule has 0 spiro atoms. The van der Waals surface area contributed by atoms with Crippen molar-refractivity contribution in [3.05, 3.63) is 102 Å². The minimum atomic E-state index is -0.211. The first-order valence-corrected chi connectivity index (χ1v) is 9.78. The van der Waals surface area contributed by atoms with Gasteiger partial charge in [0.2, 0.25) is 11.8 Å². The highest BCUT2D eigenvalue weighted by molar-refractivity contribution is 5.85. The summed E-state index contributed by atoms with van der Waals surface area (Å²) in [6.45, 7) is 2.51. The van der Waals surface area contributed by atoms with Gasteiger partial charge in [0, 0.05) is 9.40 Å². The molecule has 0 aliphatic carbocycles. The zero-order chi connectivity index (χ0) is 21.6. The first-order chi connectivity index (χ1) is 14.6. The molecule has 5 nitrogen and oxygen atoms in total. The molecule has 2 N–H and O–H groups in total. The van der Waals surface area contributed by atoms with Crippen molar-refractivity contribution < 1.29 is 17.2 Å². The third-order valence-electron chi connectivity index (χ3n) is 4.24. The van der Waals surface area contributed by atoms with Crippen LogP contribution in [0.2, 0.25) is 0 Å². The number of rotatable bonds is 7. The average molecular weight is 409 g/mol. The molecule has 0 aliphatic rings. The Hall–Kier alpha value is -3.60. The molecule has 0 fully saturated rings. The van der Waals surface area contributed by atoms with Crippen LogP contribution in [0, 0.1) is 6.92 Å². The first kappa shape index (κ1) is 22.7. The van der Waals surface area contributed by atoms with Crippen molar-refractivity contribution in [1.29, 1.82) is 0 Å². The molecule has 0 aliphatic heterocycles. The van der Waals surface area contributed by atoms with Gasteiger partial charge in [0.25, 0.3) is 0 Å². The Kier molecular flexibility index (Phi) is 9.66. The van der Waals surface area contributed by atoms with Gasteiger partial charge < -0.3 is 15.4 Å². The van der Waals surface area contributed by atoms with Crippen molar-refractivity contribution in [2.45, 2.75) is 19.9 Å². The van der Waals surface area contributed by atoms with Gasteiger partial charge in [0.15, 0.2) is 0 Å². The second kappa shape index (κ2) is 12.8. The van der Waals surface area contributed by atoms with Crippen LogP contribution in [0.25, 0.3) is 0 Å². The van der Waals surface area contributed by atoms with Gasteiger partial charge in [-0.25, -0.2) is 0 Å². The van der Waals surface area contributed by atoms with Gasteiger partial charge in [-0.05, 0) is 30.2 Å². The van der Waals surface area contributed by atoms with Crippen LogP contribution in [0.5, 0.6) is 5.75 Å². The number of carbonyl (C=O) groups is 2. The highest BCUT2D eigenvalue weighted by Crippen LogP contribution is 2.11. The SMILES string of the molecule is COc1ccc(CC(=O)NCC(=O)NCc2ccccc2)cc1.Cc1ccccc1.[HH].[HH]. The number of carbonyl (C=O) groups excluding carboxylic acids is 2. The maximum absolute atomic E-state index is 11.8. The summed E-state index contributed by atoms with van der Waals surface area (Å²) in [6.07, 6.45) is 0.232. The van der Waals surface area contributed by atoms with Crippen LogP contribution in [0.4, 0.5) is 0 Å². The maximum atomic E-state index is 11.8. The summed E-state index contributed by atoms with van der Waals surface area (Å²) in [5.41, 5.74) is 3.21. The number of methoxy groups -OCH3 is 1. The Labute approximate surface area is 181 Å². The lowest BCUT2D eigenvalue weighted by Gasteiger charge is -2.07. The molecule has 160 valence electrons. The molecular weight excluding hydrogens is 376 g/mol. The Morgan fingerprint density at radius 1 is 0.767 bits per heavy atom. The van der Waals surface area contributed by atoms with Crippen LogP contribution in [0.3, 0.4) is 0 Å². The zero-order valence-electron chi connectivity index (χ0n) is 17.4. The lowest BCUT2D eigenvalue weighted by Crippen LogP contribution is -2.37. The second-order valence-corrected chi connectivity index (χ2v) is 6.72. The molecule has 0 radical (unpaired) electrons. The Bertz CT molecular complexity index is 905. The van der Waals surface area contributed by atoms with Crippen molar-refractivity contribution in [2.75, 3.05) is 13.7 Å². The van der Waals surface area contributed by atoms with E-state index in [-0.39, 0.29) is 27.6 Å². The van der Waals surface area contributed by atoms with E-state index in [9.17, 15) is 9.59 Å². The van der Waals surface area contributed by atoms with Crippen molar-refractivity contribution in [2.24, 2.45) is 0 Å². The zero-order valence-corrected chi connectivity index (χ0v) is 17.4. The monoisotopic (exact) mass is 408 g/mol. The molecule has 2 amide bonds. The van der Waals surface area contributed by atoms with Gasteiger partial charge in [-0.1, -0.05) is 78.4 Å². The molecule has 30 heavy (non-hydrogen) atoms. The van der Waals surface area contributed by atoms with Crippen LogP contribution in [0.15, 0.2) is 84.9 Å². The van der Waals surface area contributed by atoms with Crippen molar-refractivity contribution in [1.82, 2.24) is 10.6 Å². The molecule has 0 saturated carbocycles. The number of amides is 2. The molecule has 5 heteroatoms. The van der Waals surface area contributed by atoms with Crippen LogP contribution >= 0.6 is 0 Å². The third kappa shape index (κ3) is 9.06. The van der Waals surface area contributed by atoms with Gasteiger partial charge in [-0.3, -0.25) is 9.59 Å². The van der Waals surface area contributed by atoms with Crippen molar-refractivity contribution >= 4 is 11.8 Å². The van der Waals surface area contributed by atoms with Gasteiger partial charge in [-0.15, -0.1) is 0 Å². The minimum Gasteiger partial charge on any atom is -0.497 e. The van der Waals surface area contributed by atoms with E-state index in [4.69, 9.17) is 4.74 Å². The van der Waals surface area contributed by atoms with E-state index < -0.39 is 0 Å². The average Bonchev–Trinajstić information content (AvgIpc) is 2.78. The smallest absolute Gasteiger partial charge is 0.239 e. The topological polar surface area (TPSA) is 67.4 Å². The largest absolute Gasteiger partial charge is 0.497 e. The lowest BCUT2D eigenvalue weighted by atomic mass is 10.1. The standard InChI is InChI=1S/C18H20N2O3.C7H8.2H2/c1-23-16-9-7-14(8-10-16)11-17(21)20-13-18(22)19-12-15-5-3-2-4-6-15;1-7-5-3-2-4-6-7;;/h2-10H,11-13H2,1H3,(H,19,22)(H,20,21);2-6H,1H3;2*1H. The fraction of sp³-hybridized carbons (Fsp3) is 0.200. The highest BCUT2D eigenvalue weighted by atomic mass is 16.5. The molecule has 3 aromatic rings. The normalized spacial score (nSPS) is 9.67. The fourth-order valence-electron chi connectivity index (χ4n) is 2.56. The number of benzene rings is 3. The van der Waals surface area contributed by atoms with E-state index in [0.717, 1.165) is 16.9 Å². The number of hydrogen-bond acceptors (Lipinski definition) is 3. The predicted molar refractivity (Wildman–Crippen MR) is 123 cm³/mol. The molecule has 3 rings (SSSR count). The molecule has 0 aromatic heterocycles. The number of aryl methyl sites for hydroxylation is 1. The van der Waals surface area contributed by atoms with Crippen LogP contribution in [0.1, 0.15) is 19.5 Å². The Balaban J connectivity index is 0.000000913. The molecule has 0 atom stereocenters. The predicted octanol–water partition coefficient (Wildman–Crippen LogP) is 4.16. The molecule has 0 unspecified atom stereocenters. The minimum absolute atomic E-state index is 0. The van der Waals surface area contributed by atoms with Gasteiger partial charge in [0.05, 0.1) is 20.1 Å². The van der Waals surface area contributed by atoms with E-state index in [0.29, 0.717) is 6.54 Å². The summed E-state index contributed by atoms with van der Waals surface area (Å²) >= 11 is 0. The summed E-state index contributed by atoms with van der Waals surface area (Å²) < 4.78 is 5.06. The quantitative estimate of drug-likeness (QED) is 0.617. The molecule has 0 heterocycles. The number of ether oxygens (including phenoxy) is 1. The van der Waals surface area contributed by atoms with E-state index in [2.05, 4.69) is 29.7 Å². The summed E-state index contributed by atoms with van der Waals surface area (Å²) in [5, 5.41) is 5.38. The van der Waals surface area contributed by atoms with E-state index in [1.165, 1.54) is 5.56 Å². The fourth-order valence-corrected chi connectivity index (χ4v) is 2.56. The van der Waals surface area contributed by atoms with Gasteiger partial charge >= 0.3 is 0 Å². The Morgan fingerprint density at radius 3 is 1.90 bits per heavy atom. The van der Waals surface area contributed by atoms with Crippen molar-refractivity contribution in [3.8, 4) is 5.75 Å². The summed E-state index contributed by atoms with van der Waals surface area (Å²) in [4.78, 5) is 23.5. The van der Waals surface area contributed by atoms with Gasteiger partial charge in [-0.2, -0.15) is 0 Å². The van der Waals surface area contributed by atoms with Crippen LogP contribution < -0.4 is 15.4 Å². The van der Waals surface area contributed by atoms with Gasteiger partial charge in [0.1, 0.15) is 5.75 Å². The molecular formula is C25H32N2O3. The van der Waals surface area contributed by atoms with E-state index in [1.807, 2.05) is 60.7 Å². The van der Waals surface area contributed by atoms with E-state index >= 15 is 0 Å². The number of nitrogens with one attached hydrogen (secondary N) is 2. The number of hydrogen-bond donors (Lipinski definition) is 2. The summed E-state index contributed by atoms with van der Waals surface area (Å²) in [5.74, 6) is 0.344. The van der Waals surface area contributed by atoms with Crippen molar-refractivity contribution in [3.63, 3.8) is 0 Å². The Morgan fingerprint density at radius 2 is 1.37 bits per heavy atom. The summed E-state index contributed by atoms with van der Waals surface area (Å²) in [6, 6.07) is 27.1. The maximum Gasteiger partial charge on any atom is 0.239 e. The second-order valence-electron chi connectivity index (χ2n) is 6.72. The highest BCUT2D eigenvalue weighted by Gasteiger charge is 2.06. The van der Waals surface area contributed by atoms with Crippen LogP contribution in [-0.2, 0) is 22.6 Å². The molecule has 3 aromatic carbocycles. The van der Waals surface area contributed by atoms with Crippen LogP contribution in [-0.4, -0.2) is 25.5 Å². The molecule has 0 saturated heterocycles. The molecule has 0 bridgehead atoms. The van der Waals surface area contributed by atoms with E-state index in [1.54, 1.807) is 19.2 Å². The lowest BCUT2D eigenvalue weighted by molar-refractivity contribution is -0.125. The summed E-state index contributed by atoms with van der Waals surface area (Å²) in [7, 11) is 1.59. The third-order valence-corrected chi connectivity index (χ3v) is 4.24. The first-order valence-electron chi connectivity index (χ1n) is 9.78.